The van der Waals surface area contributed by atoms with E-state index < -0.39 is 15.8 Å². The molecule has 7 aliphatic carbocycles. The molecule has 0 aromatic carbocycles. The van der Waals surface area contributed by atoms with Crippen LogP contribution in [0.1, 0.15) is 112 Å². The highest BCUT2D eigenvalue weighted by Crippen LogP contribution is 2.73. The fourth-order valence-corrected chi connectivity index (χ4v) is 15.4. The molecule has 1 aliphatic heterocycles. The van der Waals surface area contributed by atoms with Gasteiger partial charge >= 0.3 is 5.97 Å². The van der Waals surface area contributed by atoms with E-state index in [0.717, 1.165) is 43.2 Å². The molecule has 7 heteroatoms. The fourth-order valence-electron chi connectivity index (χ4n) is 14.1. The zero-order valence-corrected chi connectivity index (χ0v) is 32.3. The Morgan fingerprint density at radius 1 is 0.939 bits per heavy atom. The van der Waals surface area contributed by atoms with E-state index in [1.807, 2.05) is 13.8 Å². The van der Waals surface area contributed by atoms with Gasteiger partial charge in [-0.3, -0.25) is 4.79 Å². The third-order valence-corrected chi connectivity index (χ3v) is 17.8. The average Bonchev–Trinajstić information content (AvgIpc) is 3.29. The van der Waals surface area contributed by atoms with E-state index in [-0.39, 0.29) is 17.3 Å². The summed E-state index contributed by atoms with van der Waals surface area (Å²) in [5.41, 5.74) is 5.40. The second-order valence-corrected chi connectivity index (χ2v) is 21.7. The van der Waals surface area contributed by atoms with Crippen LogP contribution in [-0.4, -0.2) is 67.6 Å². The van der Waals surface area contributed by atoms with E-state index in [1.54, 1.807) is 5.57 Å². The number of carboxylic acids is 1. The van der Waals surface area contributed by atoms with Gasteiger partial charge in [0.2, 0.25) is 0 Å². The van der Waals surface area contributed by atoms with Crippen LogP contribution in [0.15, 0.2) is 35.5 Å². The molecule has 2 N–H and O–H groups in total. The largest absolute Gasteiger partial charge is 0.481 e. The Labute approximate surface area is 297 Å². The first-order chi connectivity index (χ1) is 23.0. The zero-order valence-electron chi connectivity index (χ0n) is 31.5. The summed E-state index contributed by atoms with van der Waals surface area (Å²) in [6.45, 7) is 21.3. The molecular weight excluding hydrogens is 629 g/mol. The Morgan fingerprint density at radius 2 is 1.65 bits per heavy atom. The van der Waals surface area contributed by atoms with Gasteiger partial charge in [0.05, 0.1) is 17.4 Å². The van der Waals surface area contributed by atoms with Crippen molar-refractivity contribution in [2.24, 2.45) is 63.6 Å². The maximum atomic E-state index is 11.9. The molecule has 0 bridgehead atoms. The van der Waals surface area contributed by atoms with Crippen molar-refractivity contribution in [3.05, 3.63) is 35.5 Å². The molecular formula is C42H66N2O4S. The van der Waals surface area contributed by atoms with E-state index in [0.29, 0.717) is 52.8 Å². The Balaban J connectivity index is 0.000000898. The number of carboxylic acid groups (broad SMARTS) is 1. The molecule has 1 heterocycles. The topological polar surface area (TPSA) is 86.7 Å². The lowest BCUT2D eigenvalue weighted by molar-refractivity contribution is -0.175. The lowest BCUT2D eigenvalue weighted by Crippen LogP contribution is -2.64. The molecule has 49 heavy (non-hydrogen) atoms. The smallest absolute Gasteiger partial charge is 0.307 e. The minimum absolute atomic E-state index is 0.128. The molecule has 6 nitrogen and oxygen atoms in total. The highest BCUT2D eigenvalue weighted by Gasteiger charge is 2.66. The molecule has 0 spiro atoms. The summed E-state index contributed by atoms with van der Waals surface area (Å²) in [7, 11) is -2.82. The third-order valence-electron chi connectivity index (χ3n) is 16.1. The van der Waals surface area contributed by atoms with Gasteiger partial charge in [0.25, 0.3) is 0 Å². The van der Waals surface area contributed by atoms with Gasteiger partial charge < -0.3 is 15.3 Å². The molecule has 274 valence electrons. The monoisotopic (exact) mass is 694 g/mol. The van der Waals surface area contributed by atoms with Crippen molar-refractivity contribution in [3.8, 4) is 0 Å². The molecule has 0 aromatic rings. The quantitative estimate of drug-likeness (QED) is 0.275. The number of allylic oxidation sites excluding steroid dienone is 5. The fraction of sp³-hybridized carbons (Fsp3) is 0.833. The van der Waals surface area contributed by atoms with E-state index in [9.17, 15) is 18.3 Å². The molecule has 0 radical (unpaired) electrons. The van der Waals surface area contributed by atoms with E-state index in [4.69, 9.17) is 0 Å². The SMILES string of the molecule is C=C(C)C.CC1(C)C(C2=CC3C(C2)C3C(=O)O)=CCC2(C)C1CCC1(C)C3CCC4(NCCN5CCS(=O)(=O)CC5)CCC[C@@H]4C3CC[C@@H]12. The van der Waals surface area contributed by atoms with Crippen molar-refractivity contribution in [2.75, 3.05) is 37.7 Å². The lowest BCUT2D eigenvalue weighted by Gasteiger charge is -2.68. The molecule has 6 fully saturated rings. The maximum absolute atomic E-state index is 11.9. The average molecular weight is 695 g/mol. The number of carbonyl (C=O) groups is 1. The van der Waals surface area contributed by atoms with Gasteiger partial charge in [0.1, 0.15) is 0 Å². The molecule has 8 aliphatic rings. The third kappa shape index (κ3) is 6.06. The summed E-state index contributed by atoms with van der Waals surface area (Å²) >= 11 is 0. The molecule has 1 saturated heterocycles. The van der Waals surface area contributed by atoms with Crippen LogP contribution in [-0.2, 0) is 14.6 Å². The van der Waals surface area contributed by atoms with Gasteiger partial charge in [-0.15, -0.1) is 6.58 Å². The standard InChI is InChI=1S/C38H58N2O4S.C4H8/c1-35(2)28(24-22-26-27(23-24)33(26)34(41)42)9-13-37(4)31(35)11-14-36(3)29-10-15-38(12-5-6-30(38)25(29)7-8-32(36)37)39-16-17-40-18-20-45(43,44)21-19-40;1-4(2)3/h9,22,25-27,29-33,39H,5-8,10-21,23H2,1-4H3,(H,41,42);1H2,2-3H3/t25?,26?,27?,29?,30-,31?,32+,33?,36?,37?,38?;/m1./s1. The lowest BCUT2D eigenvalue weighted by atomic mass is 9.37. The molecule has 11 atom stereocenters. The Bertz CT molecular complexity index is 1500. The van der Waals surface area contributed by atoms with Crippen LogP contribution >= 0.6 is 0 Å². The van der Waals surface area contributed by atoms with Crippen LogP contribution in [0.4, 0.5) is 0 Å². The normalized spacial score (nSPS) is 45.9. The van der Waals surface area contributed by atoms with E-state index >= 15 is 0 Å². The van der Waals surface area contributed by atoms with Gasteiger partial charge in [-0.1, -0.05) is 51.8 Å². The van der Waals surface area contributed by atoms with Crippen molar-refractivity contribution >= 4 is 15.8 Å². The summed E-state index contributed by atoms with van der Waals surface area (Å²) in [6.07, 6.45) is 19.4. The maximum Gasteiger partial charge on any atom is 0.307 e. The Hall–Kier alpha value is -1.44. The van der Waals surface area contributed by atoms with Crippen LogP contribution in [0, 0.1) is 63.6 Å². The van der Waals surface area contributed by atoms with Crippen molar-refractivity contribution in [1.82, 2.24) is 10.2 Å². The van der Waals surface area contributed by atoms with Crippen LogP contribution in [0.5, 0.6) is 0 Å². The predicted octanol–water partition coefficient (Wildman–Crippen LogP) is 7.92. The zero-order chi connectivity index (χ0) is 35.1. The molecule has 9 unspecified atom stereocenters. The first-order valence-electron chi connectivity index (χ1n) is 20.0. The van der Waals surface area contributed by atoms with Gasteiger partial charge in [0.15, 0.2) is 9.84 Å². The number of rotatable bonds is 6. The minimum Gasteiger partial charge on any atom is -0.481 e. The Kier molecular flexibility index (Phi) is 9.25. The Morgan fingerprint density at radius 3 is 2.31 bits per heavy atom. The van der Waals surface area contributed by atoms with Crippen molar-refractivity contribution in [2.45, 2.75) is 118 Å². The van der Waals surface area contributed by atoms with Gasteiger partial charge in [-0.05, 0) is 147 Å². The van der Waals surface area contributed by atoms with Gasteiger partial charge in [-0.2, -0.15) is 0 Å². The first-order valence-corrected chi connectivity index (χ1v) is 21.8. The number of aliphatic carboxylic acids is 1. The number of hydrogen-bond acceptors (Lipinski definition) is 5. The molecule has 0 amide bonds. The van der Waals surface area contributed by atoms with Crippen molar-refractivity contribution < 1.29 is 18.3 Å². The van der Waals surface area contributed by atoms with E-state index in [1.165, 1.54) is 75.4 Å². The molecule has 5 saturated carbocycles. The summed E-state index contributed by atoms with van der Waals surface area (Å²) in [5.74, 6) is 4.49. The summed E-state index contributed by atoms with van der Waals surface area (Å²) in [6, 6.07) is 0. The van der Waals surface area contributed by atoms with Crippen LogP contribution in [0.3, 0.4) is 0 Å². The summed E-state index contributed by atoms with van der Waals surface area (Å²) in [5, 5.41) is 13.7. The van der Waals surface area contributed by atoms with Crippen LogP contribution in [0.2, 0.25) is 0 Å². The number of nitrogens with one attached hydrogen (secondary N) is 1. The van der Waals surface area contributed by atoms with E-state index in [2.05, 4.69) is 56.6 Å². The second-order valence-electron chi connectivity index (χ2n) is 19.4. The number of fused-ring (bicyclic) bond motifs is 8. The minimum atomic E-state index is -2.82. The van der Waals surface area contributed by atoms with Gasteiger partial charge in [-0.25, -0.2) is 8.42 Å². The van der Waals surface area contributed by atoms with Crippen molar-refractivity contribution in [3.63, 3.8) is 0 Å². The highest BCUT2D eigenvalue weighted by atomic mass is 32.2. The van der Waals surface area contributed by atoms with Crippen LogP contribution < -0.4 is 5.32 Å². The number of hydrogen-bond donors (Lipinski definition) is 2. The predicted molar refractivity (Wildman–Crippen MR) is 199 cm³/mol. The number of sulfone groups is 1. The van der Waals surface area contributed by atoms with Gasteiger partial charge in [0, 0.05) is 31.7 Å². The summed E-state index contributed by atoms with van der Waals surface area (Å²) < 4.78 is 23.8. The molecule has 8 rings (SSSR count). The highest BCUT2D eigenvalue weighted by molar-refractivity contribution is 7.91. The van der Waals surface area contributed by atoms with Crippen LogP contribution in [0.25, 0.3) is 0 Å². The molecule has 0 aromatic heterocycles. The second kappa shape index (κ2) is 12.6. The number of nitrogens with zero attached hydrogens (tertiary/aromatic N) is 1. The van der Waals surface area contributed by atoms with Crippen molar-refractivity contribution in [1.29, 1.82) is 0 Å². The first kappa shape index (κ1) is 35.9. The summed E-state index contributed by atoms with van der Waals surface area (Å²) in [4.78, 5) is 14.0.